The van der Waals surface area contributed by atoms with Gasteiger partial charge in [0.2, 0.25) is 0 Å². The first-order chi connectivity index (χ1) is 7.04. The Hall–Kier alpha value is -1.42. The fraction of sp³-hybridized carbons (Fsp3) is 0.455. The van der Waals surface area contributed by atoms with Gasteiger partial charge < -0.3 is 11.5 Å². The third-order valence-corrected chi connectivity index (χ3v) is 2.29. The van der Waals surface area contributed by atoms with Crippen molar-refractivity contribution in [3.63, 3.8) is 0 Å². The molecule has 4 N–H and O–H groups in total. The van der Waals surface area contributed by atoms with Gasteiger partial charge in [0.1, 0.15) is 5.82 Å². The molecule has 82 valence electrons. The number of anilines is 1. The van der Waals surface area contributed by atoms with Gasteiger partial charge in [-0.3, -0.25) is 4.79 Å². The van der Waals surface area contributed by atoms with Crippen LogP contribution in [-0.2, 0) is 0 Å². The van der Waals surface area contributed by atoms with Crippen molar-refractivity contribution in [1.82, 2.24) is 4.98 Å². The van der Waals surface area contributed by atoms with E-state index in [-0.39, 0.29) is 11.7 Å². The van der Waals surface area contributed by atoms with Gasteiger partial charge in [-0.25, -0.2) is 4.98 Å². The molecule has 0 radical (unpaired) electrons. The van der Waals surface area contributed by atoms with Crippen LogP contribution in [-0.4, -0.2) is 17.3 Å². The number of aromatic nitrogens is 1. The SMILES string of the molecule is Cc1cnc(N)c(C(=O)CC(C)CN)c1. The van der Waals surface area contributed by atoms with Crippen LogP contribution in [0.15, 0.2) is 12.3 Å². The lowest BCUT2D eigenvalue weighted by Crippen LogP contribution is -2.16. The maximum atomic E-state index is 11.8. The van der Waals surface area contributed by atoms with Gasteiger partial charge in [-0.1, -0.05) is 6.92 Å². The lowest BCUT2D eigenvalue weighted by Gasteiger charge is -2.08. The fourth-order valence-corrected chi connectivity index (χ4v) is 1.31. The summed E-state index contributed by atoms with van der Waals surface area (Å²) < 4.78 is 0. The summed E-state index contributed by atoms with van der Waals surface area (Å²) in [6.07, 6.45) is 2.07. The van der Waals surface area contributed by atoms with E-state index < -0.39 is 0 Å². The molecular formula is C11H17N3O. The highest BCUT2D eigenvalue weighted by Crippen LogP contribution is 2.15. The second-order valence-corrected chi connectivity index (χ2v) is 3.91. The summed E-state index contributed by atoms with van der Waals surface area (Å²) in [5.41, 5.74) is 12.6. The molecule has 1 rings (SSSR count). The molecule has 1 aromatic heterocycles. The van der Waals surface area contributed by atoms with Crippen molar-refractivity contribution < 1.29 is 4.79 Å². The van der Waals surface area contributed by atoms with Gasteiger partial charge in [0.15, 0.2) is 5.78 Å². The van der Waals surface area contributed by atoms with E-state index in [1.807, 2.05) is 13.8 Å². The minimum atomic E-state index is 0.0154. The molecule has 1 atom stereocenters. The Labute approximate surface area is 89.7 Å². The molecule has 1 unspecified atom stereocenters. The van der Waals surface area contributed by atoms with E-state index in [0.29, 0.717) is 24.3 Å². The second-order valence-electron chi connectivity index (χ2n) is 3.91. The molecule has 0 bridgehead atoms. The standard InChI is InChI=1S/C11H17N3O/c1-7(5-12)4-10(15)9-3-8(2)6-14-11(9)13/h3,6-7H,4-5,12H2,1-2H3,(H2,13,14). The number of ketones is 1. The van der Waals surface area contributed by atoms with Crippen LogP contribution >= 0.6 is 0 Å². The zero-order chi connectivity index (χ0) is 11.4. The van der Waals surface area contributed by atoms with Crippen LogP contribution in [0.25, 0.3) is 0 Å². The molecule has 1 heterocycles. The molecule has 0 spiro atoms. The molecule has 4 nitrogen and oxygen atoms in total. The zero-order valence-corrected chi connectivity index (χ0v) is 9.16. The predicted octanol–water partition coefficient (Wildman–Crippen LogP) is 1.14. The number of hydrogen-bond donors (Lipinski definition) is 2. The van der Waals surface area contributed by atoms with E-state index in [1.165, 1.54) is 0 Å². The van der Waals surface area contributed by atoms with Crippen molar-refractivity contribution in [1.29, 1.82) is 0 Å². The summed E-state index contributed by atoms with van der Waals surface area (Å²) in [6, 6.07) is 1.77. The van der Waals surface area contributed by atoms with E-state index in [0.717, 1.165) is 5.56 Å². The summed E-state index contributed by atoms with van der Waals surface area (Å²) in [5, 5.41) is 0. The number of rotatable bonds is 4. The zero-order valence-electron chi connectivity index (χ0n) is 9.16. The van der Waals surface area contributed by atoms with Crippen molar-refractivity contribution in [2.75, 3.05) is 12.3 Å². The Bertz CT molecular complexity index is 363. The maximum Gasteiger partial charge on any atom is 0.166 e. The lowest BCUT2D eigenvalue weighted by molar-refractivity contribution is 0.0966. The topological polar surface area (TPSA) is 82.0 Å². The van der Waals surface area contributed by atoms with Crippen LogP contribution < -0.4 is 11.5 Å². The quantitative estimate of drug-likeness (QED) is 0.725. The normalized spacial score (nSPS) is 12.5. The lowest BCUT2D eigenvalue weighted by atomic mass is 9.99. The summed E-state index contributed by atoms with van der Waals surface area (Å²) in [4.78, 5) is 15.8. The third kappa shape index (κ3) is 3.02. The van der Waals surface area contributed by atoms with Crippen LogP contribution in [0.1, 0.15) is 29.3 Å². The first-order valence-corrected chi connectivity index (χ1v) is 5.00. The number of Topliss-reactive ketones (excluding diaryl/α,β-unsaturated/α-hetero) is 1. The van der Waals surface area contributed by atoms with E-state index in [4.69, 9.17) is 11.5 Å². The van der Waals surface area contributed by atoms with Gasteiger partial charge >= 0.3 is 0 Å². The van der Waals surface area contributed by atoms with Crippen LogP contribution in [0, 0.1) is 12.8 Å². The van der Waals surface area contributed by atoms with Crippen LogP contribution in [0.2, 0.25) is 0 Å². The molecule has 15 heavy (non-hydrogen) atoms. The van der Waals surface area contributed by atoms with Gasteiger partial charge in [-0.05, 0) is 31.0 Å². The van der Waals surface area contributed by atoms with Crippen molar-refractivity contribution in [3.05, 3.63) is 23.4 Å². The highest BCUT2D eigenvalue weighted by atomic mass is 16.1. The summed E-state index contributed by atoms with van der Waals surface area (Å²) in [6.45, 7) is 4.33. The fourth-order valence-electron chi connectivity index (χ4n) is 1.31. The van der Waals surface area contributed by atoms with Gasteiger partial charge in [0, 0.05) is 12.6 Å². The Morgan fingerprint density at radius 2 is 2.27 bits per heavy atom. The molecular weight excluding hydrogens is 190 g/mol. The summed E-state index contributed by atoms with van der Waals surface area (Å²) in [7, 11) is 0. The third-order valence-electron chi connectivity index (χ3n) is 2.29. The van der Waals surface area contributed by atoms with Gasteiger partial charge in [0.25, 0.3) is 0 Å². The van der Waals surface area contributed by atoms with Crippen molar-refractivity contribution in [2.45, 2.75) is 20.3 Å². The van der Waals surface area contributed by atoms with Gasteiger partial charge in [0.05, 0.1) is 5.56 Å². The highest BCUT2D eigenvalue weighted by Gasteiger charge is 2.13. The van der Waals surface area contributed by atoms with E-state index in [2.05, 4.69) is 4.98 Å². The summed E-state index contributed by atoms with van der Waals surface area (Å²) >= 11 is 0. The second kappa shape index (κ2) is 4.89. The molecule has 0 saturated heterocycles. The first-order valence-electron chi connectivity index (χ1n) is 5.00. The molecule has 0 aliphatic heterocycles. The smallest absolute Gasteiger partial charge is 0.166 e. The molecule has 0 amide bonds. The Balaban J connectivity index is 2.86. The Kier molecular flexibility index (Phi) is 3.80. The predicted molar refractivity (Wildman–Crippen MR) is 60.6 cm³/mol. The number of nitrogens with zero attached hydrogens (tertiary/aromatic N) is 1. The van der Waals surface area contributed by atoms with Gasteiger partial charge in [-0.2, -0.15) is 0 Å². The molecule has 0 aliphatic carbocycles. The molecule has 1 aromatic rings. The van der Waals surface area contributed by atoms with Crippen molar-refractivity contribution >= 4 is 11.6 Å². The molecule has 0 fully saturated rings. The molecule has 0 saturated carbocycles. The van der Waals surface area contributed by atoms with E-state index >= 15 is 0 Å². The van der Waals surface area contributed by atoms with Crippen molar-refractivity contribution in [2.24, 2.45) is 11.7 Å². The minimum Gasteiger partial charge on any atom is -0.383 e. The van der Waals surface area contributed by atoms with Crippen LogP contribution in [0.3, 0.4) is 0 Å². The number of carbonyl (C=O) groups is 1. The van der Waals surface area contributed by atoms with Crippen LogP contribution in [0.4, 0.5) is 5.82 Å². The first kappa shape index (κ1) is 11.7. The number of hydrogen-bond acceptors (Lipinski definition) is 4. The number of carbonyl (C=O) groups excluding carboxylic acids is 1. The number of aryl methyl sites for hydroxylation is 1. The summed E-state index contributed by atoms with van der Waals surface area (Å²) in [5.74, 6) is 0.494. The molecule has 0 aromatic carbocycles. The van der Waals surface area contributed by atoms with Crippen LogP contribution in [0.5, 0.6) is 0 Å². The van der Waals surface area contributed by atoms with Crippen molar-refractivity contribution in [3.8, 4) is 0 Å². The number of nitrogen functional groups attached to an aromatic ring is 1. The largest absolute Gasteiger partial charge is 0.383 e. The molecule has 4 heteroatoms. The Morgan fingerprint density at radius 3 is 2.87 bits per heavy atom. The average Bonchev–Trinajstić information content (AvgIpc) is 2.21. The highest BCUT2D eigenvalue weighted by molar-refractivity contribution is 6.00. The van der Waals surface area contributed by atoms with Gasteiger partial charge in [-0.15, -0.1) is 0 Å². The van der Waals surface area contributed by atoms with E-state index in [1.54, 1.807) is 12.3 Å². The Morgan fingerprint density at radius 1 is 1.60 bits per heavy atom. The maximum absolute atomic E-state index is 11.8. The van der Waals surface area contributed by atoms with E-state index in [9.17, 15) is 4.79 Å². The average molecular weight is 207 g/mol. The minimum absolute atomic E-state index is 0.0154. The number of nitrogens with two attached hydrogens (primary N) is 2. The number of pyridine rings is 1. The monoisotopic (exact) mass is 207 g/mol. The molecule has 0 aliphatic rings.